The van der Waals surface area contributed by atoms with Gasteiger partial charge in [-0.2, -0.15) is 0 Å². The highest BCUT2D eigenvalue weighted by Crippen LogP contribution is 2.43. The molecule has 1 saturated heterocycles. The minimum absolute atomic E-state index is 0.202. The average molecular weight is 463 g/mol. The molecule has 2 N–H and O–H groups in total. The van der Waals surface area contributed by atoms with Crippen LogP contribution < -0.4 is 10.2 Å². The van der Waals surface area contributed by atoms with Crippen LogP contribution in [0.3, 0.4) is 0 Å². The van der Waals surface area contributed by atoms with Crippen LogP contribution in [0.1, 0.15) is 36.9 Å². The summed E-state index contributed by atoms with van der Waals surface area (Å²) in [6.45, 7) is 5.91. The Hall–Kier alpha value is -3.03. The SMILES string of the molecule is Cc1ccc(-c2csc3ncnc(N(C4CCNCC4)C(C)c4cccc(F)c4O)c23)cc1. The number of benzene rings is 2. The summed E-state index contributed by atoms with van der Waals surface area (Å²) in [5.41, 5.74) is 3.99. The van der Waals surface area contributed by atoms with Crippen molar-refractivity contribution in [2.75, 3.05) is 18.0 Å². The predicted octanol–water partition coefficient (Wildman–Crippen LogP) is 5.83. The van der Waals surface area contributed by atoms with Crippen molar-refractivity contribution < 1.29 is 9.50 Å². The summed E-state index contributed by atoms with van der Waals surface area (Å²) >= 11 is 1.60. The van der Waals surface area contributed by atoms with Gasteiger partial charge in [-0.25, -0.2) is 14.4 Å². The maximum Gasteiger partial charge on any atom is 0.165 e. The Labute approximate surface area is 196 Å². The van der Waals surface area contributed by atoms with Crippen molar-refractivity contribution in [1.29, 1.82) is 0 Å². The Bertz CT molecular complexity index is 1270. The van der Waals surface area contributed by atoms with E-state index in [9.17, 15) is 9.50 Å². The van der Waals surface area contributed by atoms with E-state index in [-0.39, 0.29) is 17.8 Å². The molecule has 1 fully saturated rings. The van der Waals surface area contributed by atoms with Crippen LogP contribution >= 0.6 is 11.3 Å². The second-order valence-corrected chi connectivity index (χ2v) is 9.49. The molecule has 1 atom stereocenters. The first-order chi connectivity index (χ1) is 16.0. The lowest BCUT2D eigenvalue weighted by Gasteiger charge is -2.40. The van der Waals surface area contributed by atoms with E-state index >= 15 is 0 Å². The van der Waals surface area contributed by atoms with Crippen molar-refractivity contribution in [3.8, 4) is 16.9 Å². The standard InChI is InChI=1S/C26H27FN4OS/c1-16-6-8-18(9-7-16)21-14-33-26-23(21)25(29-15-30-26)31(19-10-12-28-13-11-19)17(2)20-4-3-5-22(27)24(20)32/h3-9,14-15,17,19,28,32H,10-13H2,1-2H3. The molecule has 5 rings (SSSR count). The number of nitrogens with zero attached hydrogens (tertiary/aromatic N) is 3. The Balaban J connectivity index is 1.69. The van der Waals surface area contributed by atoms with Gasteiger partial charge >= 0.3 is 0 Å². The van der Waals surface area contributed by atoms with E-state index in [1.807, 2.05) is 6.92 Å². The number of hydrogen-bond acceptors (Lipinski definition) is 6. The van der Waals surface area contributed by atoms with Gasteiger partial charge < -0.3 is 15.3 Å². The van der Waals surface area contributed by atoms with E-state index in [0.29, 0.717) is 5.56 Å². The molecule has 33 heavy (non-hydrogen) atoms. The molecule has 5 nitrogen and oxygen atoms in total. The van der Waals surface area contributed by atoms with E-state index in [0.717, 1.165) is 53.1 Å². The van der Waals surface area contributed by atoms with E-state index in [2.05, 4.69) is 51.8 Å². The number of halogens is 1. The predicted molar refractivity (Wildman–Crippen MR) is 132 cm³/mol. The van der Waals surface area contributed by atoms with Gasteiger partial charge in [0, 0.05) is 22.5 Å². The molecule has 4 aromatic rings. The Kier molecular flexibility index (Phi) is 6.00. The minimum atomic E-state index is -0.603. The van der Waals surface area contributed by atoms with Gasteiger partial charge in [0.2, 0.25) is 0 Å². The van der Waals surface area contributed by atoms with E-state index in [1.165, 1.54) is 11.6 Å². The molecule has 2 aromatic carbocycles. The number of aromatic nitrogens is 2. The van der Waals surface area contributed by atoms with Crippen molar-refractivity contribution in [1.82, 2.24) is 15.3 Å². The summed E-state index contributed by atoms with van der Waals surface area (Å²) in [7, 11) is 0. The number of para-hydroxylation sites is 1. The number of fused-ring (bicyclic) bond motifs is 1. The fraction of sp³-hybridized carbons (Fsp3) is 0.308. The molecule has 170 valence electrons. The molecule has 2 aromatic heterocycles. The largest absolute Gasteiger partial charge is 0.505 e. The summed E-state index contributed by atoms with van der Waals surface area (Å²) in [5.74, 6) is -0.0634. The number of piperidine rings is 1. The summed E-state index contributed by atoms with van der Waals surface area (Å²) in [4.78, 5) is 12.5. The minimum Gasteiger partial charge on any atom is -0.505 e. The number of phenols is 1. The van der Waals surface area contributed by atoms with Gasteiger partial charge in [-0.1, -0.05) is 42.0 Å². The molecule has 0 aliphatic carbocycles. The van der Waals surface area contributed by atoms with Gasteiger partial charge in [-0.15, -0.1) is 11.3 Å². The lowest BCUT2D eigenvalue weighted by atomic mass is 9.97. The Morgan fingerprint density at radius 2 is 1.88 bits per heavy atom. The molecule has 1 aliphatic rings. The molecule has 7 heteroatoms. The zero-order valence-electron chi connectivity index (χ0n) is 18.8. The first-order valence-corrected chi connectivity index (χ1v) is 12.2. The molecule has 0 amide bonds. The van der Waals surface area contributed by atoms with E-state index in [4.69, 9.17) is 4.98 Å². The zero-order chi connectivity index (χ0) is 22.9. The zero-order valence-corrected chi connectivity index (χ0v) is 19.6. The molecular weight excluding hydrogens is 435 g/mol. The normalized spacial score (nSPS) is 15.6. The highest BCUT2D eigenvalue weighted by atomic mass is 32.1. The lowest BCUT2D eigenvalue weighted by Crippen LogP contribution is -2.45. The van der Waals surface area contributed by atoms with Crippen molar-refractivity contribution in [2.45, 2.75) is 38.8 Å². The van der Waals surface area contributed by atoms with Crippen LogP contribution in [0.25, 0.3) is 21.3 Å². The highest BCUT2D eigenvalue weighted by Gasteiger charge is 2.31. The number of thiophene rings is 1. The van der Waals surface area contributed by atoms with Crippen molar-refractivity contribution in [2.24, 2.45) is 0 Å². The summed E-state index contributed by atoms with van der Waals surface area (Å²) in [6, 6.07) is 13.1. The fourth-order valence-electron chi connectivity index (χ4n) is 4.78. The Morgan fingerprint density at radius 3 is 2.64 bits per heavy atom. The monoisotopic (exact) mass is 462 g/mol. The molecule has 1 unspecified atom stereocenters. The number of aromatic hydroxyl groups is 1. The van der Waals surface area contributed by atoms with Gasteiger partial charge in [0.25, 0.3) is 0 Å². The first-order valence-electron chi connectivity index (χ1n) is 11.3. The van der Waals surface area contributed by atoms with E-state index < -0.39 is 5.82 Å². The number of hydrogen-bond donors (Lipinski definition) is 2. The number of nitrogens with one attached hydrogen (secondary N) is 1. The number of rotatable bonds is 5. The summed E-state index contributed by atoms with van der Waals surface area (Å²) in [5, 5.41) is 17.1. The molecule has 0 radical (unpaired) electrons. The van der Waals surface area contributed by atoms with Gasteiger partial charge in [0.1, 0.15) is 17.0 Å². The molecule has 1 aliphatic heterocycles. The topological polar surface area (TPSA) is 61.3 Å². The third kappa shape index (κ3) is 4.07. The molecular formula is C26H27FN4OS. The van der Waals surface area contributed by atoms with Gasteiger partial charge in [-0.3, -0.25) is 0 Å². The third-order valence-electron chi connectivity index (χ3n) is 6.54. The van der Waals surface area contributed by atoms with Gasteiger partial charge in [0.15, 0.2) is 11.6 Å². The van der Waals surface area contributed by atoms with E-state index in [1.54, 1.807) is 29.8 Å². The summed E-state index contributed by atoms with van der Waals surface area (Å²) < 4.78 is 14.3. The number of aryl methyl sites for hydroxylation is 1. The fourth-order valence-corrected chi connectivity index (χ4v) is 5.69. The second kappa shape index (κ2) is 9.08. The third-order valence-corrected chi connectivity index (χ3v) is 7.43. The molecule has 0 spiro atoms. The number of anilines is 1. The highest BCUT2D eigenvalue weighted by molar-refractivity contribution is 7.17. The van der Waals surface area contributed by atoms with Gasteiger partial charge in [-0.05, 0) is 51.4 Å². The van der Waals surface area contributed by atoms with Crippen LogP contribution in [0.5, 0.6) is 5.75 Å². The van der Waals surface area contributed by atoms with Crippen LogP contribution in [-0.2, 0) is 0 Å². The molecule has 0 saturated carbocycles. The van der Waals surface area contributed by atoms with Crippen molar-refractivity contribution in [3.63, 3.8) is 0 Å². The van der Waals surface area contributed by atoms with Crippen molar-refractivity contribution in [3.05, 3.63) is 71.1 Å². The quantitative estimate of drug-likeness (QED) is 0.391. The maximum atomic E-state index is 14.3. The smallest absolute Gasteiger partial charge is 0.165 e. The molecule has 3 heterocycles. The van der Waals surface area contributed by atoms with Crippen LogP contribution in [0.15, 0.2) is 54.2 Å². The van der Waals surface area contributed by atoms with Crippen LogP contribution in [0.2, 0.25) is 0 Å². The second-order valence-electron chi connectivity index (χ2n) is 8.63. The maximum absolute atomic E-state index is 14.3. The lowest BCUT2D eigenvalue weighted by molar-refractivity contribution is 0.391. The van der Waals surface area contributed by atoms with Gasteiger partial charge in [0.05, 0.1) is 11.4 Å². The molecule has 0 bridgehead atoms. The number of phenolic OH excluding ortho intramolecular Hbond substituents is 1. The van der Waals surface area contributed by atoms with Crippen LogP contribution in [-0.4, -0.2) is 34.2 Å². The average Bonchev–Trinajstić information content (AvgIpc) is 3.27. The first kappa shape index (κ1) is 21.8. The van der Waals surface area contributed by atoms with Crippen LogP contribution in [0.4, 0.5) is 10.2 Å². The van der Waals surface area contributed by atoms with Crippen LogP contribution in [0, 0.1) is 12.7 Å². The summed E-state index contributed by atoms with van der Waals surface area (Å²) in [6.07, 6.45) is 3.49. The van der Waals surface area contributed by atoms with Crippen molar-refractivity contribution >= 4 is 27.4 Å². The Morgan fingerprint density at radius 1 is 1.12 bits per heavy atom.